The van der Waals surface area contributed by atoms with Gasteiger partial charge in [-0.15, -0.1) is 0 Å². The molecule has 3 aliphatic rings. The second-order valence-electron chi connectivity index (χ2n) is 6.98. The Morgan fingerprint density at radius 2 is 1.95 bits per heavy atom. The Kier molecular flexibility index (Phi) is 3.37. The van der Waals surface area contributed by atoms with E-state index < -0.39 is 0 Å². The van der Waals surface area contributed by atoms with E-state index in [1.807, 2.05) is 0 Å². The maximum absolute atomic E-state index is 13.0. The van der Waals surface area contributed by atoms with Gasteiger partial charge in [0, 0.05) is 25.0 Å². The number of aryl methyl sites for hydroxylation is 2. The zero-order valence-corrected chi connectivity index (χ0v) is 13.4. The van der Waals surface area contributed by atoms with Crippen LogP contribution in [0.25, 0.3) is 0 Å². The number of hydrogen-bond donors (Lipinski definition) is 1. The maximum atomic E-state index is 13.0. The van der Waals surface area contributed by atoms with Gasteiger partial charge in [-0.05, 0) is 62.4 Å². The highest BCUT2D eigenvalue weighted by molar-refractivity contribution is 5.83. The number of fused-ring (bicyclic) bond motifs is 3. The van der Waals surface area contributed by atoms with Gasteiger partial charge < -0.3 is 15.0 Å². The molecule has 3 heterocycles. The van der Waals surface area contributed by atoms with Gasteiger partial charge in [-0.1, -0.05) is 6.07 Å². The van der Waals surface area contributed by atoms with Crippen LogP contribution in [0.1, 0.15) is 36.0 Å². The predicted molar refractivity (Wildman–Crippen MR) is 85.2 cm³/mol. The highest BCUT2D eigenvalue weighted by atomic mass is 16.5. The molecule has 3 atom stereocenters. The molecule has 1 amide bonds. The lowest BCUT2D eigenvalue weighted by Crippen LogP contribution is -2.48. The maximum Gasteiger partial charge on any atom is 0.264 e. The van der Waals surface area contributed by atoms with Crippen molar-refractivity contribution in [2.45, 2.75) is 57.7 Å². The Balaban J connectivity index is 1.55. The van der Waals surface area contributed by atoms with E-state index in [0.29, 0.717) is 12.1 Å². The Hall–Kier alpha value is -1.55. The molecule has 1 aromatic carbocycles. The summed E-state index contributed by atoms with van der Waals surface area (Å²) in [7, 11) is 0. The van der Waals surface area contributed by atoms with Crippen molar-refractivity contribution in [1.29, 1.82) is 0 Å². The first-order chi connectivity index (χ1) is 10.6. The number of rotatable bonds is 1. The van der Waals surface area contributed by atoms with Crippen molar-refractivity contribution in [2.24, 2.45) is 0 Å². The fraction of sp³-hybridized carbons (Fsp3) is 0.611. The van der Waals surface area contributed by atoms with Crippen LogP contribution in [0.15, 0.2) is 12.1 Å². The van der Waals surface area contributed by atoms with E-state index in [0.717, 1.165) is 44.5 Å². The molecule has 3 unspecified atom stereocenters. The molecule has 0 spiro atoms. The summed E-state index contributed by atoms with van der Waals surface area (Å²) in [6.07, 6.45) is 3.74. The monoisotopic (exact) mass is 300 g/mol. The summed E-state index contributed by atoms with van der Waals surface area (Å²) in [5.74, 6) is 1.10. The Morgan fingerprint density at radius 3 is 2.82 bits per heavy atom. The number of benzene rings is 1. The van der Waals surface area contributed by atoms with E-state index in [2.05, 4.69) is 36.2 Å². The van der Waals surface area contributed by atoms with Crippen molar-refractivity contribution in [3.63, 3.8) is 0 Å². The molecule has 118 valence electrons. The van der Waals surface area contributed by atoms with Crippen molar-refractivity contribution in [2.75, 3.05) is 13.1 Å². The molecule has 0 saturated carbocycles. The average Bonchev–Trinajstić information content (AvgIpc) is 2.98. The van der Waals surface area contributed by atoms with Crippen LogP contribution in [0.4, 0.5) is 0 Å². The molecule has 3 aliphatic heterocycles. The third kappa shape index (κ3) is 2.21. The summed E-state index contributed by atoms with van der Waals surface area (Å²) in [5.41, 5.74) is 3.68. The molecule has 0 aromatic heterocycles. The zero-order valence-electron chi connectivity index (χ0n) is 13.4. The number of ether oxygens (including phenoxy) is 1. The van der Waals surface area contributed by atoms with Gasteiger partial charge in [0.2, 0.25) is 0 Å². The van der Waals surface area contributed by atoms with Gasteiger partial charge in [-0.25, -0.2) is 0 Å². The van der Waals surface area contributed by atoms with Crippen LogP contribution >= 0.6 is 0 Å². The minimum atomic E-state index is -0.322. The van der Waals surface area contributed by atoms with Crippen LogP contribution in [-0.2, 0) is 11.2 Å². The average molecular weight is 300 g/mol. The normalized spacial score (nSPS) is 29.9. The first kappa shape index (κ1) is 14.1. The second-order valence-corrected chi connectivity index (χ2v) is 6.98. The van der Waals surface area contributed by atoms with Crippen LogP contribution < -0.4 is 10.1 Å². The van der Waals surface area contributed by atoms with Gasteiger partial charge in [0.1, 0.15) is 5.75 Å². The largest absolute Gasteiger partial charge is 0.480 e. The molecular formula is C18H24N2O2. The SMILES string of the molecule is Cc1cc2c(cc1C)OC(C(=O)N1C3CCNCC1CC3)C2. The fourth-order valence-electron chi connectivity index (χ4n) is 4.16. The zero-order chi connectivity index (χ0) is 15.3. The third-order valence-electron chi connectivity index (χ3n) is 5.54. The predicted octanol–water partition coefficient (Wildman–Crippen LogP) is 1.96. The molecular weight excluding hydrogens is 276 g/mol. The second kappa shape index (κ2) is 5.27. The number of nitrogens with zero attached hydrogens (tertiary/aromatic N) is 1. The number of hydrogen-bond acceptors (Lipinski definition) is 3. The summed E-state index contributed by atoms with van der Waals surface area (Å²) in [6.45, 7) is 6.16. The van der Waals surface area contributed by atoms with Gasteiger partial charge in [0.25, 0.3) is 5.91 Å². The highest BCUT2D eigenvalue weighted by Crippen LogP contribution is 2.35. The molecule has 22 heavy (non-hydrogen) atoms. The molecule has 4 rings (SSSR count). The molecule has 1 aromatic rings. The van der Waals surface area contributed by atoms with E-state index in [9.17, 15) is 4.79 Å². The van der Waals surface area contributed by atoms with Crippen LogP contribution in [0.3, 0.4) is 0 Å². The lowest BCUT2D eigenvalue weighted by atomic mass is 10.0. The first-order valence-corrected chi connectivity index (χ1v) is 8.43. The van der Waals surface area contributed by atoms with Crippen molar-refractivity contribution in [3.05, 3.63) is 28.8 Å². The standard InChI is InChI=1S/C18H24N2O2/c1-11-7-13-9-17(22-16(13)8-12(11)2)18(21)20-14-3-4-15(20)10-19-6-5-14/h7-8,14-15,17,19H,3-6,9-10H2,1-2H3. The molecule has 2 bridgehead atoms. The Bertz CT molecular complexity index is 568. The summed E-state index contributed by atoms with van der Waals surface area (Å²) in [6, 6.07) is 5.02. The third-order valence-corrected chi connectivity index (χ3v) is 5.54. The van der Waals surface area contributed by atoms with Crippen LogP contribution in [0, 0.1) is 13.8 Å². The van der Waals surface area contributed by atoms with E-state index in [1.165, 1.54) is 16.7 Å². The molecule has 2 fully saturated rings. The fourth-order valence-corrected chi connectivity index (χ4v) is 4.16. The molecule has 2 saturated heterocycles. The number of carbonyl (C=O) groups is 1. The Morgan fingerprint density at radius 1 is 1.18 bits per heavy atom. The van der Waals surface area contributed by atoms with Crippen LogP contribution in [0.5, 0.6) is 5.75 Å². The topological polar surface area (TPSA) is 41.6 Å². The van der Waals surface area contributed by atoms with Crippen molar-refractivity contribution >= 4 is 5.91 Å². The van der Waals surface area contributed by atoms with Crippen LogP contribution in [-0.4, -0.2) is 42.1 Å². The van der Waals surface area contributed by atoms with Crippen molar-refractivity contribution in [3.8, 4) is 5.75 Å². The summed E-state index contributed by atoms with van der Waals surface area (Å²) in [4.78, 5) is 15.2. The lowest BCUT2D eigenvalue weighted by Gasteiger charge is -2.30. The Labute approximate surface area is 131 Å². The summed E-state index contributed by atoms with van der Waals surface area (Å²) < 4.78 is 6.01. The van der Waals surface area contributed by atoms with Gasteiger partial charge in [0.05, 0.1) is 0 Å². The molecule has 0 radical (unpaired) electrons. The van der Waals surface area contributed by atoms with E-state index >= 15 is 0 Å². The molecule has 1 N–H and O–H groups in total. The van der Waals surface area contributed by atoms with Gasteiger partial charge in [0.15, 0.2) is 6.10 Å². The minimum Gasteiger partial charge on any atom is -0.480 e. The minimum absolute atomic E-state index is 0.197. The molecule has 0 aliphatic carbocycles. The highest BCUT2D eigenvalue weighted by Gasteiger charge is 2.42. The van der Waals surface area contributed by atoms with E-state index in [4.69, 9.17) is 4.74 Å². The van der Waals surface area contributed by atoms with Gasteiger partial charge in [-0.2, -0.15) is 0 Å². The number of carbonyl (C=O) groups excluding carboxylic acids is 1. The van der Waals surface area contributed by atoms with Gasteiger partial charge >= 0.3 is 0 Å². The molecule has 4 nitrogen and oxygen atoms in total. The van der Waals surface area contributed by atoms with E-state index in [-0.39, 0.29) is 12.0 Å². The molecule has 4 heteroatoms. The lowest BCUT2D eigenvalue weighted by molar-refractivity contribution is -0.140. The number of nitrogens with one attached hydrogen (secondary N) is 1. The van der Waals surface area contributed by atoms with E-state index in [1.54, 1.807) is 0 Å². The van der Waals surface area contributed by atoms with Crippen molar-refractivity contribution in [1.82, 2.24) is 10.2 Å². The first-order valence-electron chi connectivity index (χ1n) is 8.43. The van der Waals surface area contributed by atoms with Gasteiger partial charge in [-0.3, -0.25) is 4.79 Å². The number of amides is 1. The summed E-state index contributed by atoms with van der Waals surface area (Å²) >= 11 is 0. The summed E-state index contributed by atoms with van der Waals surface area (Å²) in [5, 5.41) is 3.45. The smallest absolute Gasteiger partial charge is 0.264 e. The quantitative estimate of drug-likeness (QED) is 0.862. The van der Waals surface area contributed by atoms with Crippen molar-refractivity contribution < 1.29 is 9.53 Å². The van der Waals surface area contributed by atoms with Crippen LogP contribution in [0.2, 0.25) is 0 Å².